The van der Waals surface area contributed by atoms with Crippen molar-refractivity contribution in [2.75, 3.05) is 0 Å². The molecule has 14 heavy (non-hydrogen) atoms. The molecule has 0 unspecified atom stereocenters. The van der Waals surface area contributed by atoms with Gasteiger partial charge in [0.05, 0.1) is 5.57 Å². The number of halogens is 7. The summed E-state index contributed by atoms with van der Waals surface area (Å²) in [5.41, 5.74) is -2.01. The first kappa shape index (κ1) is 10.8. The summed E-state index contributed by atoms with van der Waals surface area (Å²) in [4.78, 5) is 0. The third kappa shape index (κ3) is 1.42. The largest absolute Gasteiger partial charge is 0.330 e. The minimum atomic E-state index is -4.67. The van der Waals surface area contributed by atoms with E-state index in [1.165, 1.54) is 0 Å². The molecule has 0 fully saturated rings. The van der Waals surface area contributed by atoms with Crippen molar-refractivity contribution in [2.24, 2.45) is 0 Å². The number of rotatable bonds is 1. The summed E-state index contributed by atoms with van der Waals surface area (Å²) in [7, 11) is 0. The zero-order chi connectivity index (χ0) is 11.1. The lowest BCUT2D eigenvalue weighted by Crippen LogP contribution is -2.18. The molecule has 0 bridgehead atoms. The van der Waals surface area contributed by atoms with Crippen LogP contribution in [0, 0.1) is 0 Å². The molecule has 1 aliphatic rings. The molecule has 0 nitrogen and oxygen atoms in total. The molecule has 0 aliphatic heterocycles. The molecule has 0 N–H and O–H groups in total. The van der Waals surface area contributed by atoms with Gasteiger partial charge >= 0.3 is 12.0 Å². The molecule has 78 valence electrons. The second-order valence-corrected chi connectivity index (χ2v) is 2.37. The molecule has 0 aromatic heterocycles. The summed E-state index contributed by atoms with van der Waals surface area (Å²) in [5, 5.41) is 0. The van der Waals surface area contributed by atoms with E-state index in [1.807, 2.05) is 0 Å². The zero-order valence-electron chi connectivity index (χ0n) is 6.22. The Balaban J connectivity index is 3.22. The molecule has 0 aromatic carbocycles. The monoisotopic (exact) mass is 218 g/mol. The first-order chi connectivity index (χ1) is 6.28. The molecule has 0 radical (unpaired) electrons. The Labute approximate surface area is 73.0 Å². The molecule has 0 saturated heterocycles. The molecule has 1 rings (SSSR count). The second-order valence-electron chi connectivity index (χ2n) is 2.37. The van der Waals surface area contributed by atoms with Crippen LogP contribution < -0.4 is 0 Å². The lowest BCUT2D eigenvalue weighted by Gasteiger charge is -2.10. The summed E-state index contributed by atoms with van der Waals surface area (Å²) in [5.74, 6) is -11.9. The van der Waals surface area contributed by atoms with Crippen molar-refractivity contribution >= 4 is 0 Å². The SMILES string of the molecule is FC(F)=C(F)C1=CC(F)=C(F)C1(F)F. The predicted molar refractivity (Wildman–Crippen MR) is 32.6 cm³/mol. The van der Waals surface area contributed by atoms with Gasteiger partial charge in [-0.05, 0) is 6.08 Å². The highest BCUT2D eigenvalue weighted by Crippen LogP contribution is 2.45. The molecule has 0 spiro atoms. The minimum absolute atomic E-state index is 0.302. The molecule has 0 amide bonds. The Bertz CT molecular complexity index is 356. The zero-order valence-corrected chi connectivity index (χ0v) is 6.22. The van der Waals surface area contributed by atoms with Gasteiger partial charge in [-0.15, -0.1) is 0 Å². The van der Waals surface area contributed by atoms with Crippen LogP contribution in [0.1, 0.15) is 0 Å². The molecule has 0 aromatic rings. The van der Waals surface area contributed by atoms with Crippen LogP contribution in [0.2, 0.25) is 0 Å². The van der Waals surface area contributed by atoms with Crippen LogP contribution in [0.15, 0.2) is 35.2 Å². The normalized spacial score (nSPS) is 19.8. The van der Waals surface area contributed by atoms with Gasteiger partial charge in [0.25, 0.3) is 0 Å². The molecule has 1 aliphatic carbocycles. The third-order valence-electron chi connectivity index (χ3n) is 1.50. The van der Waals surface area contributed by atoms with Crippen molar-refractivity contribution in [3.8, 4) is 0 Å². The fourth-order valence-electron chi connectivity index (χ4n) is 0.852. The van der Waals surface area contributed by atoms with E-state index in [-0.39, 0.29) is 6.08 Å². The van der Waals surface area contributed by atoms with Crippen LogP contribution >= 0.6 is 0 Å². The first-order valence-corrected chi connectivity index (χ1v) is 3.15. The highest BCUT2D eigenvalue weighted by atomic mass is 19.3. The van der Waals surface area contributed by atoms with Gasteiger partial charge < -0.3 is 0 Å². The summed E-state index contributed by atoms with van der Waals surface area (Å²) >= 11 is 0. The quantitative estimate of drug-likeness (QED) is 0.587. The smallest absolute Gasteiger partial charge is 0.204 e. The molecule has 0 atom stereocenters. The molecule has 0 heterocycles. The summed E-state index contributed by atoms with van der Waals surface area (Å²) in [6, 6.07) is 0. The van der Waals surface area contributed by atoms with Crippen molar-refractivity contribution in [2.45, 2.75) is 5.92 Å². The number of hydrogen-bond donors (Lipinski definition) is 0. The second kappa shape index (κ2) is 3.14. The van der Waals surface area contributed by atoms with Crippen LogP contribution in [-0.4, -0.2) is 5.92 Å². The van der Waals surface area contributed by atoms with Crippen molar-refractivity contribution < 1.29 is 30.7 Å². The molecular formula is C7HF7. The lowest BCUT2D eigenvalue weighted by molar-refractivity contribution is 0.0579. The lowest BCUT2D eigenvalue weighted by atomic mass is 10.1. The van der Waals surface area contributed by atoms with Gasteiger partial charge in [-0.25, -0.2) is 13.2 Å². The average Bonchev–Trinajstić information content (AvgIpc) is 2.28. The number of alkyl halides is 2. The standard InChI is InChI=1S/C7HF7/c8-3-1-2(4(9)6(11)12)7(13,14)5(3)10/h1H. The van der Waals surface area contributed by atoms with Crippen LogP contribution in [0.4, 0.5) is 30.7 Å². The van der Waals surface area contributed by atoms with E-state index in [0.717, 1.165) is 0 Å². The van der Waals surface area contributed by atoms with Crippen LogP contribution in [0.3, 0.4) is 0 Å². The van der Waals surface area contributed by atoms with E-state index < -0.39 is 35.1 Å². The topological polar surface area (TPSA) is 0 Å². The fourth-order valence-corrected chi connectivity index (χ4v) is 0.852. The van der Waals surface area contributed by atoms with Gasteiger partial charge in [-0.3, -0.25) is 0 Å². The van der Waals surface area contributed by atoms with Gasteiger partial charge in [0.2, 0.25) is 5.83 Å². The Morgan fingerprint density at radius 1 is 1.07 bits per heavy atom. The first-order valence-electron chi connectivity index (χ1n) is 3.15. The highest BCUT2D eigenvalue weighted by molar-refractivity contribution is 5.49. The maximum atomic E-state index is 12.5. The average molecular weight is 218 g/mol. The Kier molecular flexibility index (Phi) is 2.43. The van der Waals surface area contributed by atoms with Crippen molar-refractivity contribution in [1.82, 2.24) is 0 Å². The maximum Gasteiger partial charge on any atom is 0.330 e. The van der Waals surface area contributed by atoms with E-state index in [0.29, 0.717) is 0 Å². The predicted octanol–water partition coefficient (Wildman–Crippen LogP) is 3.79. The Morgan fingerprint density at radius 2 is 1.57 bits per heavy atom. The van der Waals surface area contributed by atoms with Gasteiger partial charge in [0, 0.05) is 0 Å². The summed E-state index contributed by atoms with van der Waals surface area (Å²) in [6.07, 6.45) is -3.36. The maximum absolute atomic E-state index is 12.5. The third-order valence-corrected chi connectivity index (χ3v) is 1.50. The van der Waals surface area contributed by atoms with Crippen LogP contribution in [0.5, 0.6) is 0 Å². The van der Waals surface area contributed by atoms with E-state index in [9.17, 15) is 30.7 Å². The van der Waals surface area contributed by atoms with Crippen LogP contribution in [-0.2, 0) is 0 Å². The highest BCUT2D eigenvalue weighted by Gasteiger charge is 2.49. The fraction of sp³-hybridized carbons (Fsp3) is 0.143. The van der Waals surface area contributed by atoms with E-state index in [1.54, 1.807) is 0 Å². The van der Waals surface area contributed by atoms with E-state index in [2.05, 4.69) is 0 Å². The number of allylic oxidation sites excluding steroid dienone is 5. The number of hydrogen-bond acceptors (Lipinski definition) is 0. The summed E-state index contributed by atoms with van der Waals surface area (Å²) in [6.45, 7) is 0. The molecule has 0 saturated carbocycles. The van der Waals surface area contributed by atoms with E-state index >= 15 is 0 Å². The Morgan fingerprint density at radius 3 is 1.86 bits per heavy atom. The van der Waals surface area contributed by atoms with Gasteiger partial charge in [0.15, 0.2) is 11.7 Å². The van der Waals surface area contributed by atoms with Crippen LogP contribution in [0.25, 0.3) is 0 Å². The molecular weight excluding hydrogens is 217 g/mol. The van der Waals surface area contributed by atoms with Crippen molar-refractivity contribution in [3.05, 3.63) is 35.2 Å². The van der Waals surface area contributed by atoms with Crippen molar-refractivity contribution in [3.63, 3.8) is 0 Å². The van der Waals surface area contributed by atoms with Gasteiger partial charge in [-0.2, -0.15) is 17.6 Å². The minimum Gasteiger partial charge on any atom is -0.204 e. The Hall–Kier alpha value is -1.27. The summed E-state index contributed by atoms with van der Waals surface area (Å²) < 4.78 is 84.9. The molecule has 7 heteroatoms. The van der Waals surface area contributed by atoms with Gasteiger partial charge in [0.1, 0.15) is 0 Å². The van der Waals surface area contributed by atoms with Gasteiger partial charge in [-0.1, -0.05) is 0 Å². The van der Waals surface area contributed by atoms with E-state index in [4.69, 9.17) is 0 Å². The van der Waals surface area contributed by atoms with Crippen molar-refractivity contribution in [1.29, 1.82) is 0 Å².